The molecule has 0 spiro atoms. The van der Waals surface area contributed by atoms with Gasteiger partial charge in [-0.25, -0.2) is 0 Å². The van der Waals surface area contributed by atoms with Crippen LogP contribution in [0.3, 0.4) is 0 Å². The standard InChI is InChI=1S/C12H20O5/c1-3-15-11(13)10(12(14)16-4-2)8-9-6-5-7-17-9/h9-10H,3-8H2,1-2H3/t9-/m0/s1. The fourth-order valence-electron chi connectivity index (χ4n) is 1.87. The van der Waals surface area contributed by atoms with Crippen molar-refractivity contribution in [1.82, 2.24) is 0 Å². The van der Waals surface area contributed by atoms with Crippen LogP contribution in [0.25, 0.3) is 0 Å². The number of carbonyl (C=O) groups excluding carboxylic acids is 2. The van der Waals surface area contributed by atoms with Crippen molar-refractivity contribution in [3.8, 4) is 0 Å². The predicted molar refractivity (Wildman–Crippen MR) is 60.3 cm³/mol. The van der Waals surface area contributed by atoms with Crippen LogP contribution >= 0.6 is 0 Å². The van der Waals surface area contributed by atoms with Gasteiger partial charge in [-0.3, -0.25) is 9.59 Å². The van der Waals surface area contributed by atoms with E-state index in [2.05, 4.69) is 0 Å². The maximum Gasteiger partial charge on any atom is 0.320 e. The summed E-state index contributed by atoms with van der Waals surface area (Å²) < 4.78 is 15.2. The Morgan fingerprint density at radius 2 is 1.82 bits per heavy atom. The SMILES string of the molecule is CCOC(=O)C(C[C@@H]1CCCO1)C(=O)OCC. The second-order valence-corrected chi connectivity index (χ2v) is 3.93. The van der Waals surface area contributed by atoms with E-state index in [1.54, 1.807) is 13.8 Å². The van der Waals surface area contributed by atoms with Crippen LogP contribution in [0.1, 0.15) is 33.1 Å². The third kappa shape index (κ3) is 4.34. The molecular formula is C12H20O5. The molecule has 5 nitrogen and oxygen atoms in total. The first-order valence-corrected chi connectivity index (χ1v) is 6.13. The molecule has 0 radical (unpaired) electrons. The van der Waals surface area contributed by atoms with Crippen LogP contribution in [-0.4, -0.2) is 37.9 Å². The van der Waals surface area contributed by atoms with Gasteiger partial charge in [0.05, 0.1) is 19.3 Å². The molecule has 98 valence electrons. The maximum atomic E-state index is 11.7. The van der Waals surface area contributed by atoms with E-state index < -0.39 is 17.9 Å². The Labute approximate surface area is 101 Å². The average Bonchev–Trinajstić information content (AvgIpc) is 2.79. The van der Waals surface area contributed by atoms with Gasteiger partial charge in [-0.1, -0.05) is 0 Å². The van der Waals surface area contributed by atoms with E-state index in [0.29, 0.717) is 13.0 Å². The fraction of sp³-hybridized carbons (Fsp3) is 0.833. The molecule has 1 aliphatic rings. The number of hydrogen-bond acceptors (Lipinski definition) is 5. The highest BCUT2D eigenvalue weighted by atomic mass is 16.6. The Balaban J connectivity index is 2.56. The fourth-order valence-corrected chi connectivity index (χ4v) is 1.87. The maximum absolute atomic E-state index is 11.7. The van der Waals surface area contributed by atoms with Crippen molar-refractivity contribution in [2.75, 3.05) is 19.8 Å². The van der Waals surface area contributed by atoms with Crippen molar-refractivity contribution in [2.24, 2.45) is 5.92 Å². The van der Waals surface area contributed by atoms with Crippen LogP contribution in [0, 0.1) is 5.92 Å². The first kappa shape index (κ1) is 14.0. The van der Waals surface area contributed by atoms with Gasteiger partial charge in [-0.15, -0.1) is 0 Å². The molecule has 1 atom stereocenters. The summed E-state index contributed by atoms with van der Waals surface area (Å²) in [6.07, 6.45) is 2.18. The Bertz CT molecular complexity index is 240. The topological polar surface area (TPSA) is 61.8 Å². The zero-order chi connectivity index (χ0) is 12.7. The van der Waals surface area contributed by atoms with Crippen LogP contribution < -0.4 is 0 Å². The van der Waals surface area contributed by atoms with Gasteiger partial charge in [-0.05, 0) is 33.1 Å². The minimum absolute atomic E-state index is 0.0335. The summed E-state index contributed by atoms with van der Waals surface area (Å²) in [5, 5.41) is 0. The van der Waals surface area contributed by atoms with E-state index in [9.17, 15) is 9.59 Å². The van der Waals surface area contributed by atoms with Crippen molar-refractivity contribution in [2.45, 2.75) is 39.2 Å². The van der Waals surface area contributed by atoms with Gasteiger partial charge in [0.15, 0.2) is 5.92 Å². The zero-order valence-corrected chi connectivity index (χ0v) is 10.4. The molecule has 0 aromatic carbocycles. The van der Waals surface area contributed by atoms with Gasteiger partial charge in [0, 0.05) is 6.61 Å². The van der Waals surface area contributed by atoms with Gasteiger partial charge in [-0.2, -0.15) is 0 Å². The van der Waals surface area contributed by atoms with Crippen LogP contribution in [-0.2, 0) is 23.8 Å². The lowest BCUT2D eigenvalue weighted by Gasteiger charge is -2.17. The van der Waals surface area contributed by atoms with Crippen LogP contribution in [0.5, 0.6) is 0 Å². The molecule has 0 amide bonds. The van der Waals surface area contributed by atoms with Gasteiger partial charge >= 0.3 is 11.9 Å². The minimum Gasteiger partial charge on any atom is -0.465 e. The summed E-state index contributed by atoms with van der Waals surface area (Å²) in [7, 11) is 0. The van der Waals surface area contributed by atoms with Crippen molar-refractivity contribution < 1.29 is 23.8 Å². The largest absolute Gasteiger partial charge is 0.465 e. The van der Waals surface area contributed by atoms with Gasteiger partial charge < -0.3 is 14.2 Å². The van der Waals surface area contributed by atoms with Crippen molar-refractivity contribution in [3.05, 3.63) is 0 Å². The third-order valence-corrected chi connectivity index (χ3v) is 2.66. The second kappa shape index (κ2) is 7.27. The predicted octanol–water partition coefficient (Wildman–Crippen LogP) is 1.30. The lowest BCUT2D eigenvalue weighted by atomic mass is 10.00. The van der Waals surface area contributed by atoms with E-state index in [1.807, 2.05) is 0 Å². The monoisotopic (exact) mass is 244 g/mol. The summed E-state index contributed by atoms with van der Waals surface area (Å²) in [5.41, 5.74) is 0. The number of rotatable bonds is 6. The smallest absolute Gasteiger partial charge is 0.320 e. The Morgan fingerprint density at radius 3 is 2.24 bits per heavy atom. The summed E-state index contributed by atoms with van der Waals surface area (Å²) in [6.45, 7) is 4.65. The summed E-state index contributed by atoms with van der Waals surface area (Å²) in [4.78, 5) is 23.3. The molecule has 1 saturated heterocycles. The molecule has 1 fully saturated rings. The highest BCUT2D eigenvalue weighted by Crippen LogP contribution is 2.21. The highest BCUT2D eigenvalue weighted by molar-refractivity contribution is 5.94. The molecule has 0 aromatic heterocycles. The van der Waals surface area contributed by atoms with Crippen molar-refractivity contribution in [1.29, 1.82) is 0 Å². The van der Waals surface area contributed by atoms with Crippen molar-refractivity contribution >= 4 is 11.9 Å². The molecular weight excluding hydrogens is 224 g/mol. The quantitative estimate of drug-likeness (QED) is 0.520. The highest BCUT2D eigenvalue weighted by Gasteiger charge is 2.33. The first-order chi connectivity index (χ1) is 8.19. The number of hydrogen-bond donors (Lipinski definition) is 0. The summed E-state index contributed by atoms with van der Waals surface area (Å²) >= 11 is 0. The van der Waals surface area contributed by atoms with Crippen molar-refractivity contribution in [3.63, 3.8) is 0 Å². The third-order valence-electron chi connectivity index (χ3n) is 2.66. The molecule has 0 saturated carbocycles. The number of ether oxygens (including phenoxy) is 3. The van der Waals surface area contributed by atoms with E-state index in [4.69, 9.17) is 14.2 Å². The lowest BCUT2D eigenvalue weighted by molar-refractivity contribution is -0.163. The van der Waals surface area contributed by atoms with E-state index in [0.717, 1.165) is 12.8 Å². The van der Waals surface area contributed by atoms with E-state index in [1.165, 1.54) is 0 Å². The molecule has 0 bridgehead atoms. The number of esters is 2. The Morgan fingerprint density at radius 1 is 1.24 bits per heavy atom. The Hall–Kier alpha value is -1.10. The zero-order valence-electron chi connectivity index (χ0n) is 10.4. The molecule has 1 heterocycles. The molecule has 1 aliphatic heterocycles. The van der Waals surface area contributed by atoms with E-state index >= 15 is 0 Å². The van der Waals surface area contributed by atoms with Gasteiger partial charge in [0.2, 0.25) is 0 Å². The Kier molecular flexibility index (Phi) is 5.97. The van der Waals surface area contributed by atoms with Crippen LogP contribution in [0.2, 0.25) is 0 Å². The van der Waals surface area contributed by atoms with Crippen LogP contribution in [0.15, 0.2) is 0 Å². The molecule has 0 aromatic rings. The normalized spacial score (nSPS) is 19.4. The molecule has 17 heavy (non-hydrogen) atoms. The molecule has 0 unspecified atom stereocenters. The molecule has 5 heteroatoms. The molecule has 1 rings (SSSR count). The first-order valence-electron chi connectivity index (χ1n) is 6.13. The summed E-state index contributed by atoms with van der Waals surface area (Å²) in [6, 6.07) is 0. The number of carbonyl (C=O) groups is 2. The van der Waals surface area contributed by atoms with Gasteiger partial charge in [0.1, 0.15) is 0 Å². The lowest BCUT2D eigenvalue weighted by Crippen LogP contribution is -2.31. The summed E-state index contributed by atoms with van der Waals surface area (Å²) in [5.74, 6) is -1.87. The molecule has 0 aliphatic carbocycles. The average molecular weight is 244 g/mol. The minimum atomic E-state index is -0.849. The van der Waals surface area contributed by atoms with Gasteiger partial charge in [0.25, 0.3) is 0 Å². The molecule has 0 N–H and O–H groups in total. The van der Waals surface area contributed by atoms with Crippen LogP contribution in [0.4, 0.5) is 0 Å². The van der Waals surface area contributed by atoms with E-state index in [-0.39, 0.29) is 19.3 Å². The second-order valence-electron chi connectivity index (χ2n) is 3.93.